The van der Waals surface area contributed by atoms with E-state index in [9.17, 15) is 0 Å². The third-order valence-corrected chi connectivity index (χ3v) is 2.59. The van der Waals surface area contributed by atoms with Crippen LogP contribution in [0.2, 0.25) is 0 Å². The van der Waals surface area contributed by atoms with Crippen molar-refractivity contribution in [1.82, 2.24) is 14.6 Å². The summed E-state index contributed by atoms with van der Waals surface area (Å²) in [7, 11) is 0. The van der Waals surface area contributed by atoms with Crippen molar-refractivity contribution in [2.75, 3.05) is 5.73 Å². The normalized spacial score (nSPS) is 11.3. The van der Waals surface area contributed by atoms with Crippen LogP contribution >= 0.6 is 0 Å². The summed E-state index contributed by atoms with van der Waals surface area (Å²) >= 11 is 0. The van der Waals surface area contributed by atoms with Gasteiger partial charge in [-0.05, 0) is 23.8 Å². The Balaban J connectivity index is 1.93. The number of nitrogens with zero attached hydrogens (tertiary/aromatic N) is 3. The molecule has 3 rings (SSSR count). The Hall–Kier alpha value is -2.62. The summed E-state index contributed by atoms with van der Waals surface area (Å²) in [5.74, 6) is 0.671. The van der Waals surface area contributed by atoms with E-state index in [4.69, 9.17) is 5.73 Å². The maximum absolute atomic E-state index is 5.69. The van der Waals surface area contributed by atoms with Crippen molar-refractivity contribution in [2.24, 2.45) is 0 Å². The number of pyridine rings is 1. The fourth-order valence-corrected chi connectivity index (χ4v) is 1.72. The number of benzene rings is 1. The van der Waals surface area contributed by atoms with E-state index in [0.29, 0.717) is 11.5 Å². The molecule has 2 heterocycles. The number of nitrogens with two attached hydrogens (primary N) is 1. The summed E-state index contributed by atoms with van der Waals surface area (Å²) in [5, 5.41) is 4.33. The Morgan fingerprint density at radius 2 is 1.83 bits per heavy atom. The van der Waals surface area contributed by atoms with E-state index in [-0.39, 0.29) is 0 Å². The highest BCUT2D eigenvalue weighted by molar-refractivity contribution is 5.67. The molecule has 1 aromatic carbocycles. The second-order valence-corrected chi connectivity index (χ2v) is 3.98. The molecule has 2 N–H and O–H groups in total. The number of hydrogen-bond donors (Lipinski definition) is 1. The van der Waals surface area contributed by atoms with Gasteiger partial charge in [-0.25, -0.2) is 9.50 Å². The van der Waals surface area contributed by atoms with Crippen LogP contribution in [0.3, 0.4) is 0 Å². The number of aromatic nitrogens is 3. The molecule has 0 saturated heterocycles. The van der Waals surface area contributed by atoms with Gasteiger partial charge < -0.3 is 5.73 Å². The van der Waals surface area contributed by atoms with Gasteiger partial charge in [0.15, 0.2) is 11.5 Å². The molecule has 0 radical (unpaired) electrons. The average Bonchev–Trinajstić information content (AvgIpc) is 2.79. The van der Waals surface area contributed by atoms with Crippen LogP contribution in [-0.4, -0.2) is 14.6 Å². The monoisotopic (exact) mass is 236 g/mol. The molecule has 4 heteroatoms. The first-order valence-corrected chi connectivity index (χ1v) is 5.66. The van der Waals surface area contributed by atoms with Crippen molar-refractivity contribution in [3.63, 3.8) is 0 Å². The van der Waals surface area contributed by atoms with Crippen molar-refractivity contribution in [3.05, 3.63) is 60.0 Å². The first-order chi connectivity index (χ1) is 8.81. The fourth-order valence-electron chi connectivity index (χ4n) is 1.72. The number of fused-ring (bicyclic) bond motifs is 1. The number of nitrogen functional groups attached to an aromatic ring is 1. The molecule has 4 nitrogen and oxygen atoms in total. The Labute approximate surface area is 104 Å². The first kappa shape index (κ1) is 10.5. The molecule has 0 aliphatic rings. The fraction of sp³-hybridized carbons (Fsp3) is 0. The molecule has 0 spiro atoms. The Bertz CT molecular complexity index is 698. The lowest BCUT2D eigenvalue weighted by molar-refractivity contribution is 0.956. The highest BCUT2D eigenvalue weighted by atomic mass is 15.3. The van der Waals surface area contributed by atoms with E-state index in [0.717, 1.165) is 11.2 Å². The second-order valence-electron chi connectivity index (χ2n) is 3.98. The zero-order valence-electron chi connectivity index (χ0n) is 9.69. The van der Waals surface area contributed by atoms with Crippen LogP contribution in [0.1, 0.15) is 11.4 Å². The van der Waals surface area contributed by atoms with Crippen molar-refractivity contribution in [3.8, 4) is 0 Å². The van der Waals surface area contributed by atoms with Gasteiger partial charge >= 0.3 is 0 Å². The van der Waals surface area contributed by atoms with Crippen LogP contribution in [-0.2, 0) is 0 Å². The van der Waals surface area contributed by atoms with Gasteiger partial charge in [-0.2, -0.15) is 0 Å². The van der Waals surface area contributed by atoms with Crippen LogP contribution in [0.4, 0.5) is 5.69 Å². The summed E-state index contributed by atoms with van der Waals surface area (Å²) < 4.78 is 1.68. The van der Waals surface area contributed by atoms with Crippen LogP contribution < -0.4 is 5.73 Å². The first-order valence-electron chi connectivity index (χ1n) is 5.66. The van der Waals surface area contributed by atoms with Crippen molar-refractivity contribution in [2.45, 2.75) is 0 Å². The Morgan fingerprint density at radius 3 is 2.67 bits per heavy atom. The van der Waals surface area contributed by atoms with Gasteiger partial charge in [0.25, 0.3) is 0 Å². The average molecular weight is 236 g/mol. The molecule has 0 saturated carbocycles. The van der Waals surface area contributed by atoms with E-state index < -0.39 is 0 Å². The lowest BCUT2D eigenvalue weighted by Crippen LogP contribution is -1.91. The van der Waals surface area contributed by atoms with Crippen LogP contribution in [0.25, 0.3) is 17.8 Å². The third-order valence-electron chi connectivity index (χ3n) is 2.59. The zero-order chi connectivity index (χ0) is 12.4. The van der Waals surface area contributed by atoms with Gasteiger partial charge in [0.1, 0.15) is 0 Å². The maximum atomic E-state index is 5.69. The lowest BCUT2D eigenvalue weighted by Gasteiger charge is -1.91. The second kappa shape index (κ2) is 4.33. The molecule has 0 aliphatic carbocycles. The molecule has 2 aromatic heterocycles. The van der Waals surface area contributed by atoms with E-state index in [1.165, 1.54) is 0 Å². The standard InChI is InChI=1S/C14H12N4/c15-12-7-9-14-16-13(17-18(14)10-12)8-6-11-4-2-1-3-5-11/h1-10H,15H2/b8-6+. The molecule has 0 unspecified atom stereocenters. The van der Waals surface area contributed by atoms with Crippen molar-refractivity contribution < 1.29 is 0 Å². The van der Waals surface area contributed by atoms with E-state index in [2.05, 4.69) is 10.1 Å². The molecule has 0 bridgehead atoms. The Morgan fingerprint density at radius 1 is 1.00 bits per heavy atom. The summed E-state index contributed by atoms with van der Waals surface area (Å²) in [5.41, 5.74) is 8.27. The molecule has 3 aromatic rings. The predicted molar refractivity (Wildman–Crippen MR) is 72.8 cm³/mol. The van der Waals surface area contributed by atoms with Crippen LogP contribution in [0, 0.1) is 0 Å². The van der Waals surface area contributed by atoms with Crippen LogP contribution in [0.15, 0.2) is 48.7 Å². The van der Waals surface area contributed by atoms with Crippen molar-refractivity contribution in [1.29, 1.82) is 0 Å². The zero-order valence-corrected chi connectivity index (χ0v) is 9.69. The van der Waals surface area contributed by atoms with E-state index >= 15 is 0 Å². The molecule has 0 atom stereocenters. The molecule has 0 aliphatic heterocycles. The van der Waals surface area contributed by atoms with Gasteiger partial charge in [0.05, 0.1) is 11.9 Å². The quantitative estimate of drug-likeness (QED) is 0.743. The van der Waals surface area contributed by atoms with Gasteiger partial charge in [-0.1, -0.05) is 36.4 Å². The molecular formula is C14H12N4. The Kier molecular flexibility index (Phi) is 2.53. The van der Waals surface area contributed by atoms with Gasteiger partial charge in [-0.3, -0.25) is 0 Å². The summed E-state index contributed by atoms with van der Waals surface area (Å²) in [6.45, 7) is 0. The number of hydrogen-bond acceptors (Lipinski definition) is 3. The van der Waals surface area contributed by atoms with Gasteiger partial charge in [0, 0.05) is 0 Å². The minimum Gasteiger partial charge on any atom is -0.397 e. The minimum atomic E-state index is 0.671. The smallest absolute Gasteiger partial charge is 0.174 e. The topological polar surface area (TPSA) is 56.2 Å². The van der Waals surface area contributed by atoms with E-state index in [1.807, 2.05) is 54.6 Å². The van der Waals surface area contributed by atoms with Gasteiger partial charge in [0.2, 0.25) is 0 Å². The van der Waals surface area contributed by atoms with Gasteiger partial charge in [-0.15, -0.1) is 5.10 Å². The molecule has 18 heavy (non-hydrogen) atoms. The highest BCUT2D eigenvalue weighted by Crippen LogP contribution is 2.09. The van der Waals surface area contributed by atoms with Crippen LogP contribution in [0.5, 0.6) is 0 Å². The summed E-state index contributed by atoms with van der Waals surface area (Å²) in [6, 6.07) is 13.7. The summed E-state index contributed by atoms with van der Waals surface area (Å²) in [4.78, 5) is 4.38. The molecular weight excluding hydrogens is 224 g/mol. The minimum absolute atomic E-state index is 0.671. The SMILES string of the molecule is Nc1ccc2nc(/C=C/c3ccccc3)nn2c1. The summed E-state index contributed by atoms with van der Waals surface area (Å²) in [6.07, 6.45) is 5.62. The molecule has 0 amide bonds. The van der Waals surface area contributed by atoms with Crippen molar-refractivity contribution >= 4 is 23.5 Å². The van der Waals surface area contributed by atoms with E-state index in [1.54, 1.807) is 10.7 Å². The molecule has 88 valence electrons. The largest absolute Gasteiger partial charge is 0.397 e. The maximum Gasteiger partial charge on any atom is 0.174 e. The molecule has 0 fully saturated rings. The number of anilines is 1. The highest BCUT2D eigenvalue weighted by Gasteiger charge is 1.99. The third kappa shape index (κ3) is 2.08. The number of rotatable bonds is 2. The lowest BCUT2D eigenvalue weighted by atomic mass is 10.2. The predicted octanol–water partition coefficient (Wildman–Crippen LogP) is 2.48.